The van der Waals surface area contributed by atoms with E-state index in [-0.39, 0.29) is 5.75 Å². The molecule has 1 saturated heterocycles. The minimum Gasteiger partial charge on any atom is -0.505 e. The first-order valence-electron chi connectivity index (χ1n) is 6.30. The molecule has 94 valence electrons. The predicted octanol–water partition coefficient (Wildman–Crippen LogP) is 3.12. The molecule has 17 heavy (non-hydrogen) atoms. The molecule has 1 fully saturated rings. The summed E-state index contributed by atoms with van der Waals surface area (Å²) in [5.41, 5.74) is 1.02. The lowest BCUT2D eigenvalue weighted by Crippen LogP contribution is -2.37. The van der Waals surface area contributed by atoms with Gasteiger partial charge in [-0.3, -0.25) is 0 Å². The van der Waals surface area contributed by atoms with E-state index in [9.17, 15) is 9.50 Å². The minimum atomic E-state index is -0.506. The number of benzene rings is 1. The van der Waals surface area contributed by atoms with Crippen LogP contribution in [0.2, 0.25) is 0 Å². The van der Waals surface area contributed by atoms with Crippen molar-refractivity contribution in [3.8, 4) is 5.75 Å². The number of nitrogens with zero attached hydrogens (tertiary/aromatic N) is 1. The van der Waals surface area contributed by atoms with Gasteiger partial charge in [-0.05, 0) is 63.4 Å². The summed E-state index contributed by atoms with van der Waals surface area (Å²) in [6, 6.07) is 5.37. The van der Waals surface area contributed by atoms with E-state index < -0.39 is 5.82 Å². The number of aromatic hydroxyl groups is 1. The first-order chi connectivity index (χ1) is 8.08. The maximum Gasteiger partial charge on any atom is 0.165 e. The third-order valence-electron chi connectivity index (χ3n) is 3.70. The summed E-state index contributed by atoms with van der Waals surface area (Å²) >= 11 is 0. The Labute approximate surface area is 102 Å². The maximum absolute atomic E-state index is 13.3. The van der Waals surface area contributed by atoms with E-state index in [2.05, 4.69) is 18.7 Å². The Balaban J connectivity index is 2.03. The quantitative estimate of drug-likeness (QED) is 0.854. The fourth-order valence-electron chi connectivity index (χ4n) is 2.53. The van der Waals surface area contributed by atoms with Crippen LogP contribution in [0, 0.1) is 5.82 Å². The molecule has 1 N–H and O–H groups in total. The summed E-state index contributed by atoms with van der Waals surface area (Å²) in [5, 5.41) is 9.17. The van der Waals surface area contributed by atoms with Crippen LogP contribution in [0.5, 0.6) is 5.75 Å². The minimum absolute atomic E-state index is 0.256. The summed E-state index contributed by atoms with van der Waals surface area (Å²) < 4.78 is 13.3. The second kappa shape index (κ2) is 5.05. The molecule has 1 aromatic carbocycles. The Kier molecular flexibility index (Phi) is 3.67. The van der Waals surface area contributed by atoms with Gasteiger partial charge in [0.2, 0.25) is 0 Å². The molecule has 0 spiro atoms. The van der Waals surface area contributed by atoms with Gasteiger partial charge in [0.15, 0.2) is 11.6 Å². The van der Waals surface area contributed by atoms with E-state index in [4.69, 9.17) is 0 Å². The van der Waals surface area contributed by atoms with Crippen molar-refractivity contribution in [3.63, 3.8) is 0 Å². The van der Waals surface area contributed by atoms with Crippen molar-refractivity contribution in [2.75, 3.05) is 13.1 Å². The van der Waals surface area contributed by atoms with Crippen LogP contribution in [0.15, 0.2) is 18.2 Å². The second-order valence-corrected chi connectivity index (χ2v) is 5.11. The Morgan fingerprint density at radius 1 is 1.29 bits per heavy atom. The van der Waals surface area contributed by atoms with Crippen molar-refractivity contribution in [2.24, 2.45) is 0 Å². The fraction of sp³-hybridized carbons (Fsp3) is 0.571. The van der Waals surface area contributed by atoms with Gasteiger partial charge in [-0.2, -0.15) is 0 Å². The first-order valence-corrected chi connectivity index (χ1v) is 6.30. The van der Waals surface area contributed by atoms with Crippen molar-refractivity contribution in [1.82, 2.24) is 4.90 Å². The lowest BCUT2D eigenvalue weighted by Gasteiger charge is -2.34. The third-order valence-corrected chi connectivity index (χ3v) is 3.70. The lowest BCUT2D eigenvalue weighted by atomic mass is 9.89. The normalized spacial score (nSPS) is 18.8. The molecule has 0 amide bonds. The molecule has 2 nitrogen and oxygen atoms in total. The van der Waals surface area contributed by atoms with Crippen LogP contribution >= 0.6 is 0 Å². The monoisotopic (exact) mass is 237 g/mol. The first kappa shape index (κ1) is 12.4. The van der Waals surface area contributed by atoms with Crippen LogP contribution in [0.4, 0.5) is 4.39 Å². The molecule has 0 aromatic heterocycles. The molecule has 2 rings (SSSR count). The molecule has 0 radical (unpaired) electrons. The van der Waals surface area contributed by atoms with Gasteiger partial charge in [-0.15, -0.1) is 0 Å². The summed E-state index contributed by atoms with van der Waals surface area (Å²) in [6.45, 7) is 6.57. The number of halogens is 1. The van der Waals surface area contributed by atoms with Crippen LogP contribution in [0.1, 0.15) is 38.2 Å². The van der Waals surface area contributed by atoms with E-state index in [1.807, 2.05) is 6.07 Å². The standard InChI is InChI=1S/C14H20FNO/c1-10(2)16-7-5-11(6-8-16)12-3-4-14(17)13(15)9-12/h3-4,9-11,17H,5-8H2,1-2H3. The van der Waals surface area contributed by atoms with Crippen LogP contribution in [0.3, 0.4) is 0 Å². The summed E-state index contributed by atoms with van der Waals surface area (Å²) in [6.07, 6.45) is 2.14. The number of piperidine rings is 1. The zero-order chi connectivity index (χ0) is 12.4. The van der Waals surface area contributed by atoms with E-state index in [1.165, 1.54) is 12.1 Å². The van der Waals surface area contributed by atoms with E-state index in [1.54, 1.807) is 0 Å². The zero-order valence-corrected chi connectivity index (χ0v) is 10.5. The lowest BCUT2D eigenvalue weighted by molar-refractivity contribution is 0.172. The van der Waals surface area contributed by atoms with Crippen LogP contribution in [-0.4, -0.2) is 29.1 Å². The highest BCUT2D eigenvalue weighted by Gasteiger charge is 2.22. The Morgan fingerprint density at radius 2 is 1.94 bits per heavy atom. The maximum atomic E-state index is 13.3. The molecule has 0 aliphatic carbocycles. The molecule has 1 aromatic rings. The summed E-state index contributed by atoms with van der Waals surface area (Å²) in [7, 11) is 0. The van der Waals surface area contributed by atoms with Crippen LogP contribution < -0.4 is 0 Å². The van der Waals surface area contributed by atoms with Crippen molar-refractivity contribution in [1.29, 1.82) is 0 Å². The molecular weight excluding hydrogens is 217 g/mol. The largest absolute Gasteiger partial charge is 0.505 e. The Morgan fingerprint density at radius 3 is 2.47 bits per heavy atom. The number of phenolic OH excluding ortho intramolecular Hbond substituents is 1. The van der Waals surface area contributed by atoms with Gasteiger partial charge >= 0.3 is 0 Å². The number of likely N-dealkylation sites (tertiary alicyclic amines) is 1. The molecule has 3 heteroatoms. The van der Waals surface area contributed by atoms with Crippen LogP contribution in [0.25, 0.3) is 0 Å². The third kappa shape index (κ3) is 2.78. The highest BCUT2D eigenvalue weighted by Crippen LogP contribution is 2.30. The topological polar surface area (TPSA) is 23.5 Å². The molecule has 0 atom stereocenters. The second-order valence-electron chi connectivity index (χ2n) is 5.11. The average molecular weight is 237 g/mol. The van der Waals surface area contributed by atoms with Gasteiger partial charge in [-0.1, -0.05) is 6.07 Å². The van der Waals surface area contributed by atoms with Gasteiger partial charge in [0, 0.05) is 6.04 Å². The van der Waals surface area contributed by atoms with E-state index in [0.717, 1.165) is 31.5 Å². The number of phenols is 1. The molecule has 0 saturated carbocycles. The molecular formula is C14H20FNO. The highest BCUT2D eigenvalue weighted by molar-refractivity contribution is 5.30. The zero-order valence-electron chi connectivity index (χ0n) is 10.5. The van der Waals surface area contributed by atoms with Crippen molar-refractivity contribution >= 4 is 0 Å². The van der Waals surface area contributed by atoms with Crippen molar-refractivity contribution in [2.45, 2.75) is 38.6 Å². The molecule has 0 unspecified atom stereocenters. The molecule has 1 heterocycles. The Hall–Kier alpha value is -1.09. The van der Waals surface area contributed by atoms with Gasteiger partial charge in [-0.25, -0.2) is 4.39 Å². The highest BCUT2D eigenvalue weighted by atomic mass is 19.1. The van der Waals surface area contributed by atoms with Crippen molar-refractivity contribution < 1.29 is 9.50 Å². The van der Waals surface area contributed by atoms with E-state index in [0.29, 0.717) is 12.0 Å². The van der Waals surface area contributed by atoms with Gasteiger partial charge < -0.3 is 10.0 Å². The predicted molar refractivity (Wildman–Crippen MR) is 66.7 cm³/mol. The van der Waals surface area contributed by atoms with Gasteiger partial charge in [0.1, 0.15) is 0 Å². The average Bonchev–Trinajstić information content (AvgIpc) is 2.33. The summed E-state index contributed by atoms with van der Waals surface area (Å²) in [5.74, 6) is -0.331. The molecule has 1 aliphatic heterocycles. The molecule has 0 bridgehead atoms. The number of hydrogen-bond acceptors (Lipinski definition) is 2. The van der Waals surface area contributed by atoms with Gasteiger partial charge in [0.25, 0.3) is 0 Å². The number of rotatable bonds is 2. The summed E-state index contributed by atoms with van der Waals surface area (Å²) in [4.78, 5) is 2.45. The number of hydrogen-bond donors (Lipinski definition) is 1. The van der Waals surface area contributed by atoms with E-state index >= 15 is 0 Å². The molecule has 1 aliphatic rings. The fourth-order valence-corrected chi connectivity index (χ4v) is 2.53. The van der Waals surface area contributed by atoms with Crippen molar-refractivity contribution in [3.05, 3.63) is 29.6 Å². The van der Waals surface area contributed by atoms with Crippen LogP contribution in [-0.2, 0) is 0 Å². The Bertz CT molecular complexity index is 384. The van der Waals surface area contributed by atoms with Gasteiger partial charge in [0.05, 0.1) is 0 Å². The smallest absolute Gasteiger partial charge is 0.165 e. The SMILES string of the molecule is CC(C)N1CCC(c2ccc(O)c(F)c2)CC1.